The van der Waals surface area contributed by atoms with Gasteiger partial charge in [0.15, 0.2) is 0 Å². The first-order chi connectivity index (χ1) is 8.81. The molecule has 0 aliphatic carbocycles. The molecule has 1 unspecified atom stereocenters. The molecule has 0 saturated carbocycles. The molecule has 4 heteroatoms. The normalized spacial score (nSPS) is 12.4. The minimum atomic E-state index is 0.304. The average Bonchev–Trinajstić information content (AvgIpc) is 2.42. The topological polar surface area (TPSA) is 43.4 Å². The molecule has 1 rings (SSSR count). The van der Waals surface area contributed by atoms with E-state index in [4.69, 9.17) is 9.47 Å². The van der Waals surface area contributed by atoms with Gasteiger partial charge in [-0.3, -0.25) is 4.98 Å². The third-order valence-corrected chi connectivity index (χ3v) is 2.80. The largest absolute Gasteiger partial charge is 0.492 e. The van der Waals surface area contributed by atoms with Crippen molar-refractivity contribution >= 4 is 0 Å². The van der Waals surface area contributed by atoms with Crippen LogP contribution in [-0.4, -0.2) is 32.4 Å². The molecule has 1 aromatic heterocycles. The zero-order chi connectivity index (χ0) is 13.2. The lowest BCUT2D eigenvalue weighted by Gasteiger charge is -2.17. The molecule has 0 radical (unpaired) electrons. The number of ether oxygens (including phenoxy) is 2. The number of hydrogen-bond acceptors (Lipinski definition) is 4. The SMILES string of the molecule is CCCOc1cncc(C(CCCOC)NC)c1. The minimum Gasteiger partial charge on any atom is -0.492 e. The summed E-state index contributed by atoms with van der Waals surface area (Å²) in [5, 5.41) is 3.31. The molecule has 1 aromatic rings. The van der Waals surface area contributed by atoms with Gasteiger partial charge in [0.2, 0.25) is 0 Å². The molecule has 0 amide bonds. The summed E-state index contributed by atoms with van der Waals surface area (Å²) in [5.74, 6) is 0.848. The van der Waals surface area contributed by atoms with Crippen molar-refractivity contribution in [1.29, 1.82) is 0 Å². The highest BCUT2D eigenvalue weighted by Crippen LogP contribution is 2.21. The van der Waals surface area contributed by atoms with E-state index < -0.39 is 0 Å². The van der Waals surface area contributed by atoms with E-state index in [-0.39, 0.29) is 0 Å². The summed E-state index contributed by atoms with van der Waals surface area (Å²) in [4.78, 5) is 4.24. The fraction of sp³-hybridized carbons (Fsp3) is 0.643. The third kappa shape index (κ3) is 5.02. The summed E-state index contributed by atoms with van der Waals surface area (Å²) < 4.78 is 10.7. The van der Waals surface area contributed by atoms with Crippen LogP contribution in [0.25, 0.3) is 0 Å². The summed E-state index contributed by atoms with van der Waals surface area (Å²) in [6, 6.07) is 2.37. The number of pyridine rings is 1. The summed E-state index contributed by atoms with van der Waals surface area (Å²) in [7, 11) is 3.70. The minimum absolute atomic E-state index is 0.304. The monoisotopic (exact) mass is 252 g/mol. The summed E-state index contributed by atoms with van der Waals surface area (Å²) in [5.41, 5.74) is 1.17. The average molecular weight is 252 g/mol. The van der Waals surface area contributed by atoms with Crippen LogP contribution >= 0.6 is 0 Å². The van der Waals surface area contributed by atoms with Gasteiger partial charge in [0.05, 0.1) is 12.8 Å². The van der Waals surface area contributed by atoms with E-state index in [9.17, 15) is 0 Å². The van der Waals surface area contributed by atoms with Crippen LogP contribution in [0, 0.1) is 0 Å². The maximum absolute atomic E-state index is 5.60. The van der Waals surface area contributed by atoms with Crippen molar-refractivity contribution < 1.29 is 9.47 Å². The molecule has 0 aromatic carbocycles. The van der Waals surface area contributed by atoms with E-state index in [0.717, 1.165) is 38.2 Å². The van der Waals surface area contributed by atoms with Gasteiger partial charge in [-0.25, -0.2) is 0 Å². The molecule has 4 nitrogen and oxygen atoms in total. The molecule has 0 saturated heterocycles. The van der Waals surface area contributed by atoms with Crippen LogP contribution in [0.3, 0.4) is 0 Å². The van der Waals surface area contributed by atoms with Gasteiger partial charge in [-0.1, -0.05) is 6.92 Å². The van der Waals surface area contributed by atoms with Gasteiger partial charge < -0.3 is 14.8 Å². The van der Waals surface area contributed by atoms with Crippen molar-refractivity contribution in [2.24, 2.45) is 0 Å². The predicted octanol–water partition coefficient (Wildman–Crippen LogP) is 2.56. The summed E-state index contributed by atoms with van der Waals surface area (Å²) >= 11 is 0. The Bertz CT molecular complexity index is 331. The van der Waals surface area contributed by atoms with E-state index in [2.05, 4.69) is 23.3 Å². The predicted molar refractivity (Wildman–Crippen MR) is 72.9 cm³/mol. The Morgan fingerprint density at radius 1 is 1.33 bits per heavy atom. The van der Waals surface area contributed by atoms with Crippen LogP contribution in [0.4, 0.5) is 0 Å². The Morgan fingerprint density at radius 3 is 2.83 bits per heavy atom. The Morgan fingerprint density at radius 2 is 2.17 bits per heavy atom. The van der Waals surface area contributed by atoms with Gasteiger partial charge in [-0.05, 0) is 37.9 Å². The first kappa shape index (κ1) is 14.9. The number of methoxy groups -OCH3 is 1. The summed E-state index contributed by atoms with van der Waals surface area (Å²) in [6.45, 7) is 3.62. The lowest BCUT2D eigenvalue weighted by atomic mass is 10.0. The third-order valence-electron chi connectivity index (χ3n) is 2.80. The number of nitrogens with zero attached hydrogens (tertiary/aromatic N) is 1. The number of rotatable bonds is 9. The van der Waals surface area contributed by atoms with Crippen LogP contribution in [0.5, 0.6) is 5.75 Å². The number of hydrogen-bond donors (Lipinski definition) is 1. The van der Waals surface area contributed by atoms with E-state index in [1.165, 1.54) is 5.56 Å². The Kier molecular flexibility index (Phi) is 7.37. The van der Waals surface area contributed by atoms with Crippen molar-refractivity contribution in [2.75, 3.05) is 27.4 Å². The second kappa shape index (κ2) is 8.89. The van der Waals surface area contributed by atoms with Gasteiger partial charge in [0.1, 0.15) is 5.75 Å². The quantitative estimate of drug-likeness (QED) is 0.686. The molecule has 0 aliphatic heterocycles. The molecule has 0 aliphatic rings. The van der Waals surface area contributed by atoms with Gasteiger partial charge in [0.25, 0.3) is 0 Å². The second-order valence-corrected chi connectivity index (χ2v) is 4.28. The lowest BCUT2D eigenvalue weighted by Crippen LogP contribution is -2.17. The van der Waals surface area contributed by atoms with Gasteiger partial charge in [-0.2, -0.15) is 0 Å². The Balaban J connectivity index is 2.60. The van der Waals surface area contributed by atoms with Gasteiger partial charge >= 0.3 is 0 Å². The highest BCUT2D eigenvalue weighted by Gasteiger charge is 2.10. The molecule has 1 heterocycles. The van der Waals surface area contributed by atoms with Crippen molar-refractivity contribution in [3.63, 3.8) is 0 Å². The van der Waals surface area contributed by atoms with Crippen molar-refractivity contribution in [3.05, 3.63) is 24.0 Å². The van der Waals surface area contributed by atoms with E-state index in [0.29, 0.717) is 6.04 Å². The van der Waals surface area contributed by atoms with Crippen molar-refractivity contribution in [3.8, 4) is 5.75 Å². The van der Waals surface area contributed by atoms with Crippen LogP contribution in [0.1, 0.15) is 37.8 Å². The molecular formula is C14H24N2O2. The van der Waals surface area contributed by atoms with E-state index in [1.54, 1.807) is 13.3 Å². The molecule has 1 atom stereocenters. The number of nitrogens with one attached hydrogen (secondary N) is 1. The molecule has 0 spiro atoms. The van der Waals surface area contributed by atoms with Gasteiger partial charge in [-0.15, -0.1) is 0 Å². The first-order valence-corrected chi connectivity index (χ1v) is 6.55. The van der Waals surface area contributed by atoms with Crippen molar-refractivity contribution in [1.82, 2.24) is 10.3 Å². The van der Waals surface area contributed by atoms with E-state index in [1.807, 2.05) is 13.2 Å². The molecule has 18 heavy (non-hydrogen) atoms. The Hall–Kier alpha value is -1.13. The zero-order valence-corrected chi connectivity index (χ0v) is 11.6. The Labute approximate surface area is 110 Å². The first-order valence-electron chi connectivity index (χ1n) is 6.55. The highest BCUT2D eigenvalue weighted by atomic mass is 16.5. The highest BCUT2D eigenvalue weighted by molar-refractivity contribution is 5.26. The second-order valence-electron chi connectivity index (χ2n) is 4.28. The van der Waals surface area contributed by atoms with Crippen LogP contribution in [0.15, 0.2) is 18.5 Å². The smallest absolute Gasteiger partial charge is 0.137 e. The number of aromatic nitrogens is 1. The fourth-order valence-electron chi connectivity index (χ4n) is 1.83. The zero-order valence-electron chi connectivity index (χ0n) is 11.6. The van der Waals surface area contributed by atoms with Crippen LogP contribution < -0.4 is 10.1 Å². The standard InChI is InChI=1S/C14H24N2O2/c1-4-7-18-13-9-12(10-16-11-13)14(15-2)6-5-8-17-3/h9-11,14-15H,4-8H2,1-3H3. The molecule has 0 bridgehead atoms. The lowest BCUT2D eigenvalue weighted by molar-refractivity contribution is 0.189. The molecular weight excluding hydrogens is 228 g/mol. The maximum Gasteiger partial charge on any atom is 0.137 e. The maximum atomic E-state index is 5.60. The van der Waals surface area contributed by atoms with Gasteiger partial charge in [0, 0.05) is 26.0 Å². The molecule has 102 valence electrons. The molecule has 1 N–H and O–H groups in total. The van der Waals surface area contributed by atoms with Crippen LogP contribution in [0.2, 0.25) is 0 Å². The van der Waals surface area contributed by atoms with Crippen LogP contribution in [-0.2, 0) is 4.74 Å². The van der Waals surface area contributed by atoms with E-state index >= 15 is 0 Å². The molecule has 0 fully saturated rings. The fourth-order valence-corrected chi connectivity index (χ4v) is 1.83. The van der Waals surface area contributed by atoms with Crippen molar-refractivity contribution in [2.45, 2.75) is 32.2 Å². The summed E-state index contributed by atoms with van der Waals surface area (Å²) in [6.07, 6.45) is 6.73.